The molecule has 0 spiro atoms. The van der Waals surface area contributed by atoms with Crippen LogP contribution < -0.4 is 5.32 Å². The molecule has 2 aromatic heterocycles. The summed E-state index contributed by atoms with van der Waals surface area (Å²) in [5.74, 6) is -0.246. The molecule has 1 N–H and O–H groups in total. The van der Waals surface area contributed by atoms with Crippen LogP contribution in [0.2, 0.25) is 5.02 Å². The number of ketones is 1. The van der Waals surface area contributed by atoms with Crippen molar-refractivity contribution in [3.05, 3.63) is 71.1 Å². The van der Waals surface area contributed by atoms with Gasteiger partial charge in [-0.15, -0.1) is 0 Å². The Morgan fingerprint density at radius 2 is 1.88 bits per heavy atom. The molecule has 5 nitrogen and oxygen atoms in total. The summed E-state index contributed by atoms with van der Waals surface area (Å²) in [6.45, 7) is 0.343. The summed E-state index contributed by atoms with van der Waals surface area (Å²) < 4.78 is 1.89. The molecule has 0 aliphatic carbocycles. The second-order valence-electron chi connectivity index (χ2n) is 5.41. The maximum atomic E-state index is 12.0. The number of hydrogen-bond donors (Lipinski definition) is 1. The lowest BCUT2D eigenvalue weighted by Crippen LogP contribution is -2.23. The predicted molar refractivity (Wildman–Crippen MR) is 92.1 cm³/mol. The summed E-state index contributed by atoms with van der Waals surface area (Å²) in [6.07, 6.45) is 4.08. The first-order chi connectivity index (χ1) is 11.6. The van der Waals surface area contributed by atoms with Gasteiger partial charge in [-0.25, -0.2) is 4.98 Å². The lowest BCUT2D eigenvalue weighted by atomic mass is 10.1. The van der Waals surface area contributed by atoms with Crippen LogP contribution in [0.4, 0.5) is 0 Å². The second kappa shape index (κ2) is 7.27. The fraction of sp³-hybridized carbons (Fsp3) is 0.167. The first-order valence-corrected chi connectivity index (χ1v) is 7.98. The molecule has 122 valence electrons. The largest absolute Gasteiger partial charge is 0.350 e. The van der Waals surface area contributed by atoms with Crippen molar-refractivity contribution in [2.45, 2.75) is 19.4 Å². The third-order valence-electron chi connectivity index (χ3n) is 3.63. The van der Waals surface area contributed by atoms with Crippen molar-refractivity contribution in [3.63, 3.8) is 0 Å². The van der Waals surface area contributed by atoms with E-state index in [9.17, 15) is 9.59 Å². The van der Waals surface area contributed by atoms with E-state index < -0.39 is 0 Å². The number of hydrogen-bond acceptors (Lipinski definition) is 3. The minimum absolute atomic E-state index is 0.0745. The number of amides is 1. The molecule has 24 heavy (non-hydrogen) atoms. The molecule has 2 heterocycles. The summed E-state index contributed by atoms with van der Waals surface area (Å²) in [7, 11) is 0. The number of Topliss-reactive ketones (excluding diaryl/α,β-unsaturated/α-hetero) is 1. The number of fused-ring (bicyclic) bond motifs is 1. The predicted octanol–water partition coefficient (Wildman–Crippen LogP) is 3.27. The molecule has 0 unspecified atom stereocenters. The van der Waals surface area contributed by atoms with Crippen LogP contribution >= 0.6 is 11.6 Å². The molecule has 3 rings (SSSR count). The fourth-order valence-electron chi connectivity index (χ4n) is 2.36. The number of imidazole rings is 1. The van der Waals surface area contributed by atoms with Gasteiger partial charge in [0.1, 0.15) is 5.65 Å². The van der Waals surface area contributed by atoms with Crippen molar-refractivity contribution in [2.24, 2.45) is 0 Å². The number of aromatic nitrogens is 2. The summed E-state index contributed by atoms with van der Waals surface area (Å²) in [5, 5.41) is 3.37. The van der Waals surface area contributed by atoms with Gasteiger partial charge in [0.25, 0.3) is 0 Å². The Bertz CT molecular complexity index is 838. The lowest BCUT2D eigenvalue weighted by molar-refractivity contribution is -0.121. The zero-order valence-corrected chi connectivity index (χ0v) is 13.7. The highest BCUT2D eigenvalue weighted by molar-refractivity contribution is 6.30. The third kappa shape index (κ3) is 4.00. The summed E-state index contributed by atoms with van der Waals surface area (Å²) in [5.41, 5.74) is 2.17. The number of carbonyl (C=O) groups is 2. The van der Waals surface area contributed by atoms with Crippen LogP contribution in [0.3, 0.4) is 0 Å². The molecule has 0 saturated heterocycles. The van der Waals surface area contributed by atoms with Crippen LogP contribution in [0.15, 0.2) is 54.9 Å². The van der Waals surface area contributed by atoms with Gasteiger partial charge >= 0.3 is 0 Å². The summed E-state index contributed by atoms with van der Waals surface area (Å²) in [4.78, 5) is 28.3. The number of nitrogens with one attached hydrogen (secondary N) is 1. The fourth-order valence-corrected chi connectivity index (χ4v) is 2.48. The van der Waals surface area contributed by atoms with E-state index in [-0.39, 0.29) is 24.5 Å². The lowest BCUT2D eigenvalue weighted by Gasteiger charge is -2.03. The van der Waals surface area contributed by atoms with Gasteiger partial charge in [0.15, 0.2) is 5.78 Å². The number of halogens is 1. The van der Waals surface area contributed by atoms with Crippen molar-refractivity contribution in [2.75, 3.05) is 0 Å². The molecule has 0 aliphatic rings. The number of nitrogens with zero attached hydrogens (tertiary/aromatic N) is 2. The average molecular weight is 342 g/mol. The molecule has 0 radical (unpaired) electrons. The molecule has 1 amide bonds. The molecule has 1 aromatic carbocycles. The normalized spacial score (nSPS) is 10.7. The van der Waals surface area contributed by atoms with E-state index in [1.54, 1.807) is 24.3 Å². The van der Waals surface area contributed by atoms with E-state index in [0.29, 0.717) is 17.1 Å². The second-order valence-corrected chi connectivity index (χ2v) is 5.84. The Morgan fingerprint density at radius 3 is 2.62 bits per heavy atom. The van der Waals surface area contributed by atoms with E-state index in [1.807, 2.05) is 35.0 Å². The molecular weight excluding hydrogens is 326 g/mol. The molecule has 0 bridgehead atoms. The van der Waals surface area contributed by atoms with E-state index in [0.717, 1.165) is 11.3 Å². The topological polar surface area (TPSA) is 63.5 Å². The Balaban J connectivity index is 1.48. The Kier molecular flexibility index (Phi) is 4.91. The van der Waals surface area contributed by atoms with E-state index in [1.165, 1.54) is 0 Å². The van der Waals surface area contributed by atoms with Crippen molar-refractivity contribution < 1.29 is 9.59 Å². The summed E-state index contributed by atoms with van der Waals surface area (Å²) >= 11 is 5.79. The van der Waals surface area contributed by atoms with Gasteiger partial charge in [0.05, 0.1) is 12.2 Å². The first-order valence-electron chi connectivity index (χ1n) is 7.60. The zero-order chi connectivity index (χ0) is 16.9. The molecule has 0 fully saturated rings. The third-order valence-corrected chi connectivity index (χ3v) is 3.88. The van der Waals surface area contributed by atoms with E-state index >= 15 is 0 Å². The van der Waals surface area contributed by atoms with Crippen LogP contribution in [-0.2, 0) is 11.3 Å². The summed E-state index contributed by atoms with van der Waals surface area (Å²) in [6, 6.07) is 12.4. The quantitative estimate of drug-likeness (QED) is 0.700. The highest BCUT2D eigenvalue weighted by Crippen LogP contribution is 2.12. The van der Waals surface area contributed by atoms with Crippen molar-refractivity contribution in [1.82, 2.24) is 14.7 Å². The van der Waals surface area contributed by atoms with Crippen LogP contribution in [0, 0.1) is 0 Å². The van der Waals surface area contributed by atoms with Crippen molar-refractivity contribution in [1.29, 1.82) is 0 Å². The zero-order valence-electron chi connectivity index (χ0n) is 12.9. The first kappa shape index (κ1) is 16.2. The molecule has 0 atom stereocenters. The van der Waals surface area contributed by atoms with Gasteiger partial charge in [0.2, 0.25) is 5.91 Å². The van der Waals surface area contributed by atoms with E-state index in [4.69, 9.17) is 11.6 Å². The van der Waals surface area contributed by atoms with Crippen LogP contribution in [0.25, 0.3) is 5.65 Å². The van der Waals surface area contributed by atoms with Crippen LogP contribution in [0.1, 0.15) is 28.9 Å². The van der Waals surface area contributed by atoms with Crippen LogP contribution in [-0.4, -0.2) is 21.1 Å². The standard InChI is InChI=1S/C18H16ClN3O2/c19-14-6-4-13(5-7-14)16(23)8-9-18(24)20-11-15-12-22-10-2-1-3-17(22)21-15/h1-7,10,12H,8-9,11H2,(H,20,24). The maximum Gasteiger partial charge on any atom is 0.220 e. The SMILES string of the molecule is O=C(CCC(=O)c1ccc(Cl)cc1)NCc1cn2ccccc2n1. The number of pyridine rings is 1. The minimum Gasteiger partial charge on any atom is -0.350 e. The van der Waals surface area contributed by atoms with Gasteiger partial charge in [0, 0.05) is 35.8 Å². The van der Waals surface area contributed by atoms with Gasteiger partial charge in [-0.2, -0.15) is 0 Å². The monoisotopic (exact) mass is 341 g/mol. The highest BCUT2D eigenvalue weighted by atomic mass is 35.5. The molecule has 0 saturated carbocycles. The van der Waals surface area contributed by atoms with Gasteiger partial charge in [-0.3, -0.25) is 9.59 Å². The number of benzene rings is 1. The molecule has 0 aliphatic heterocycles. The van der Waals surface area contributed by atoms with E-state index in [2.05, 4.69) is 10.3 Å². The molecule has 3 aromatic rings. The molecular formula is C18H16ClN3O2. The van der Waals surface area contributed by atoms with Gasteiger partial charge in [-0.1, -0.05) is 17.7 Å². The molecule has 6 heteroatoms. The average Bonchev–Trinajstić information content (AvgIpc) is 3.01. The minimum atomic E-state index is -0.172. The highest BCUT2D eigenvalue weighted by Gasteiger charge is 2.10. The Labute approximate surface area is 144 Å². The van der Waals surface area contributed by atoms with Gasteiger partial charge < -0.3 is 9.72 Å². The number of rotatable bonds is 6. The smallest absolute Gasteiger partial charge is 0.220 e. The number of carbonyl (C=O) groups excluding carboxylic acids is 2. The van der Waals surface area contributed by atoms with Crippen molar-refractivity contribution >= 4 is 28.9 Å². The van der Waals surface area contributed by atoms with Crippen molar-refractivity contribution in [3.8, 4) is 0 Å². The Morgan fingerprint density at radius 1 is 1.08 bits per heavy atom. The van der Waals surface area contributed by atoms with Gasteiger partial charge in [-0.05, 0) is 36.4 Å². The maximum absolute atomic E-state index is 12.0. The van der Waals surface area contributed by atoms with Crippen LogP contribution in [0.5, 0.6) is 0 Å². The Hall–Kier alpha value is -2.66.